The number of hydrogen-bond acceptors (Lipinski definition) is 2. The number of aromatic nitrogens is 1. The summed E-state index contributed by atoms with van der Waals surface area (Å²) in [5.41, 5.74) is 7.07. The van der Waals surface area contributed by atoms with E-state index in [1.807, 2.05) is 24.3 Å². The van der Waals surface area contributed by atoms with Crippen LogP contribution in [0.4, 0.5) is 5.69 Å². The minimum absolute atomic E-state index is 0.841. The highest BCUT2D eigenvalue weighted by atomic mass is 16.5. The van der Waals surface area contributed by atoms with Crippen LogP contribution in [0.5, 0.6) is 5.75 Å². The summed E-state index contributed by atoms with van der Waals surface area (Å²) >= 11 is 0. The molecule has 164 valence electrons. The molecule has 1 aromatic heterocycles. The predicted octanol–water partition coefficient (Wildman–Crippen LogP) is 7.57. The molecule has 0 saturated carbocycles. The fourth-order valence-electron chi connectivity index (χ4n) is 4.35. The van der Waals surface area contributed by atoms with Gasteiger partial charge in [0.05, 0.1) is 18.5 Å². The smallest absolute Gasteiger partial charge is 0.119 e. The van der Waals surface area contributed by atoms with Crippen LogP contribution >= 0.6 is 0 Å². The molecule has 3 nitrogen and oxygen atoms in total. The lowest BCUT2D eigenvalue weighted by molar-refractivity contribution is 0.415. The number of aryl methyl sites for hydroxylation is 1. The molecule has 0 atom stereocenters. The third kappa shape index (κ3) is 4.47. The van der Waals surface area contributed by atoms with E-state index >= 15 is 0 Å². The highest BCUT2D eigenvalue weighted by Crippen LogP contribution is 2.32. The minimum Gasteiger partial charge on any atom is -0.497 e. The second kappa shape index (κ2) is 10.3. The van der Waals surface area contributed by atoms with Gasteiger partial charge in [0, 0.05) is 34.3 Å². The van der Waals surface area contributed by atoms with Gasteiger partial charge in [-0.25, -0.2) is 4.99 Å². The first-order chi connectivity index (χ1) is 15.8. The average molecular weight is 425 g/mol. The molecular formula is C29H32N2O. The van der Waals surface area contributed by atoms with E-state index in [-0.39, 0.29) is 0 Å². The van der Waals surface area contributed by atoms with Gasteiger partial charge in [-0.1, -0.05) is 68.8 Å². The molecule has 0 radical (unpaired) electrons. The van der Waals surface area contributed by atoms with Crippen LogP contribution < -0.4 is 4.74 Å². The second-order valence-electron chi connectivity index (χ2n) is 8.12. The second-order valence-corrected chi connectivity index (χ2v) is 8.12. The van der Waals surface area contributed by atoms with Crippen molar-refractivity contribution >= 4 is 22.3 Å². The lowest BCUT2D eigenvalue weighted by atomic mass is 9.97. The van der Waals surface area contributed by atoms with Gasteiger partial charge in [0.15, 0.2) is 0 Å². The van der Waals surface area contributed by atoms with Crippen molar-refractivity contribution in [3.63, 3.8) is 0 Å². The summed E-state index contributed by atoms with van der Waals surface area (Å²) in [5, 5.41) is 1.28. The van der Waals surface area contributed by atoms with Crippen LogP contribution in [-0.2, 0) is 13.0 Å². The Morgan fingerprint density at radius 2 is 1.56 bits per heavy atom. The summed E-state index contributed by atoms with van der Waals surface area (Å²) in [7, 11) is 1.69. The molecule has 1 heterocycles. The molecule has 0 saturated heterocycles. The molecule has 32 heavy (non-hydrogen) atoms. The van der Waals surface area contributed by atoms with Gasteiger partial charge < -0.3 is 9.30 Å². The van der Waals surface area contributed by atoms with Crippen LogP contribution in [-0.4, -0.2) is 17.4 Å². The Labute approximate surface area is 191 Å². The maximum absolute atomic E-state index is 5.34. The van der Waals surface area contributed by atoms with Gasteiger partial charge in [0.25, 0.3) is 0 Å². The summed E-state index contributed by atoms with van der Waals surface area (Å²) in [5.74, 6) is 0.841. The van der Waals surface area contributed by atoms with Crippen molar-refractivity contribution in [2.45, 2.75) is 46.1 Å². The van der Waals surface area contributed by atoms with E-state index in [4.69, 9.17) is 9.73 Å². The van der Waals surface area contributed by atoms with Gasteiger partial charge in [0.1, 0.15) is 5.75 Å². The first-order valence-electron chi connectivity index (χ1n) is 11.7. The molecule has 0 bridgehead atoms. The van der Waals surface area contributed by atoms with E-state index in [0.29, 0.717) is 0 Å². The molecule has 0 aliphatic rings. The largest absolute Gasteiger partial charge is 0.497 e. The first kappa shape index (κ1) is 21.9. The molecule has 0 amide bonds. The van der Waals surface area contributed by atoms with Crippen molar-refractivity contribution in [2.24, 2.45) is 4.99 Å². The zero-order valence-electron chi connectivity index (χ0n) is 19.3. The van der Waals surface area contributed by atoms with Gasteiger partial charge in [-0.3, -0.25) is 0 Å². The van der Waals surface area contributed by atoms with Crippen LogP contribution in [0.2, 0.25) is 0 Å². The lowest BCUT2D eigenvalue weighted by Crippen LogP contribution is -2.10. The fraction of sp³-hybridized carbons (Fsp3) is 0.276. The number of methoxy groups -OCH3 is 1. The quantitative estimate of drug-likeness (QED) is 0.254. The van der Waals surface area contributed by atoms with E-state index in [9.17, 15) is 0 Å². The molecule has 0 unspecified atom stereocenters. The number of aliphatic imine (C=N–C) groups is 1. The van der Waals surface area contributed by atoms with E-state index in [1.54, 1.807) is 7.11 Å². The van der Waals surface area contributed by atoms with Gasteiger partial charge >= 0.3 is 0 Å². The number of unbranched alkanes of at least 4 members (excludes halogenated alkanes) is 1. The summed E-state index contributed by atoms with van der Waals surface area (Å²) < 4.78 is 7.86. The Balaban J connectivity index is 2.00. The standard InChI is InChI=1S/C29H32N2O/c1-4-6-15-27-28(25-14-10-11-16-26(25)31(27)21-5-2)29(22-12-8-7-9-13-22)30-23-17-19-24(32-3)20-18-23/h7-14,16-20H,4-6,15,21H2,1-3H3. The molecule has 0 N–H and O–H groups in total. The van der Waals surface area contributed by atoms with Crippen molar-refractivity contribution in [1.29, 1.82) is 0 Å². The topological polar surface area (TPSA) is 26.5 Å². The monoisotopic (exact) mass is 424 g/mol. The van der Waals surface area contributed by atoms with E-state index in [2.05, 4.69) is 73.0 Å². The Morgan fingerprint density at radius 3 is 2.25 bits per heavy atom. The Morgan fingerprint density at radius 1 is 0.844 bits per heavy atom. The summed E-state index contributed by atoms with van der Waals surface area (Å²) in [6, 6.07) is 27.4. The summed E-state index contributed by atoms with van der Waals surface area (Å²) in [6.45, 7) is 5.53. The van der Waals surface area contributed by atoms with Crippen LogP contribution in [0.25, 0.3) is 10.9 Å². The van der Waals surface area contributed by atoms with E-state index in [0.717, 1.165) is 48.5 Å². The summed E-state index contributed by atoms with van der Waals surface area (Å²) in [4.78, 5) is 5.21. The molecule has 0 aliphatic carbocycles. The average Bonchev–Trinajstić information content (AvgIpc) is 3.15. The highest BCUT2D eigenvalue weighted by molar-refractivity contribution is 6.21. The van der Waals surface area contributed by atoms with Gasteiger partial charge in [0.2, 0.25) is 0 Å². The molecule has 3 aromatic carbocycles. The van der Waals surface area contributed by atoms with Crippen molar-refractivity contribution in [3.8, 4) is 5.75 Å². The lowest BCUT2D eigenvalue weighted by Gasteiger charge is -2.13. The van der Waals surface area contributed by atoms with Crippen LogP contribution in [0.15, 0.2) is 83.9 Å². The zero-order valence-corrected chi connectivity index (χ0v) is 19.3. The molecule has 3 heteroatoms. The van der Waals surface area contributed by atoms with E-state index < -0.39 is 0 Å². The van der Waals surface area contributed by atoms with Crippen LogP contribution in [0.1, 0.15) is 49.9 Å². The third-order valence-electron chi connectivity index (χ3n) is 5.89. The van der Waals surface area contributed by atoms with Crippen LogP contribution in [0.3, 0.4) is 0 Å². The molecule has 4 rings (SSSR count). The number of nitrogens with zero attached hydrogens (tertiary/aromatic N) is 2. The number of ether oxygens (including phenoxy) is 1. The number of para-hydroxylation sites is 1. The zero-order chi connectivity index (χ0) is 22.3. The molecule has 0 spiro atoms. The highest BCUT2D eigenvalue weighted by Gasteiger charge is 2.21. The predicted molar refractivity (Wildman–Crippen MR) is 136 cm³/mol. The Hall–Kier alpha value is -3.33. The van der Waals surface area contributed by atoms with E-state index in [1.165, 1.54) is 28.6 Å². The maximum Gasteiger partial charge on any atom is 0.119 e. The first-order valence-corrected chi connectivity index (χ1v) is 11.7. The Bertz CT molecular complexity index is 1190. The fourth-order valence-corrected chi connectivity index (χ4v) is 4.35. The Kier molecular flexibility index (Phi) is 7.06. The van der Waals surface area contributed by atoms with Crippen LogP contribution in [0, 0.1) is 0 Å². The summed E-state index contributed by atoms with van der Waals surface area (Å²) in [6.07, 6.45) is 4.49. The number of rotatable bonds is 9. The molecule has 4 aromatic rings. The normalized spacial score (nSPS) is 11.8. The molecular weight excluding hydrogens is 392 g/mol. The van der Waals surface area contributed by atoms with Gasteiger partial charge in [-0.2, -0.15) is 0 Å². The van der Waals surface area contributed by atoms with Crippen molar-refractivity contribution < 1.29 is 4.74 Å². The maximum atomic E-state index is 5.34. The third-order valence-corrected chi connectivity index (χ3v) is 5.89. The minimum atomic E-state index is 0.841. The van der Waals surface area contributed by atoms with Crippen molar-refractivity contribution in [2.75, 3.05) is 7.11 Å². The van der Waals surface area contributed by atoms with Crippen molar-refractivity contribution in [3.05, 3.63) is 95.7 Å². The van der Waals surface area contributed by atoms with Gasteiger partial charge in [-0.15, -0.1) is 0 Å². The number of hydrogen-bond donors (Lipinski definition) is 0. The number of benzene rings is 3. The number of fused-ring (bicyclic) bond motifs is 1. The molecule has 0 aliphatic heterocycles. The van der Waals surface area contributed by atoms with Crippen molar-refractivity contribution in [1.82, 2.24) is 4.57 Å². The molecule has 0 fully saturated rings. The SMILES string of the molecule is CCCCc1c(C(=Nc2ccc(OC)cc2)c2ccccc2)c2ccccc2n1CCC. The van der Waals surface area contributed by atoms with Gasteiger partial charge in [-0.05, 0) is 49.6 Å².